The molecule has 3 aromatic carbocycles. The Balaban J connectivity index is 1.34. The van der Waals surface area contributed by atoms with E-state index in [-0.39, 0.29) is 23.7 Å². The number of rotatable bonds is 7. The van der Waals surface area contributed by atoms with Gasteiger partial charge in [-0.2, -0.15) is 0 Å². The summed E-state index contributed by atoms with van der Waals surface area (Å²) in [6.45, 7) is 1.80. The van der Waals surface area contributed by atoms with Gasteiger partial charge in [0.15, 0.2) is 5.78 Å². The first-order valence-corrected chi connectivity index (χ1v) is 11.4. The number of hydrogen-bond acceptors (Lipinski definition) is 3. The van der Waals surface area contributed by atoms with Crippen LogP contribution in [0.1, 0.15) is 40.4 Å². The molecule has 0 spiro atoms. The zero-order valence-electron chi connectivity index (χ0n) is 17.9. The lowest BCUT2D eigenvalue weighted by atomic mass is 9.89. The lowest BCUT2D eigenvalue weighted by Crippen LogP contribution is -2.43. The predicted molar refractivity (Wildman–Crippen MR) is 128 cm³/mol. The number of carbonyl (C=O) groups excluding carboxylic acids is 2. The van der Waals surface area contributed by atoms with Crippen LogP contribution in [0.4, 0.5) is 0 Å². The van der Waals surface area contributed by atoms with Gasteiger partial charge < -0.3 is 5.32 Å². The maximum absolute atomic E-state index is 12.9. The topological polar surface area (TPSA) is 49.4 Å². The average Bonchev–Trinajstić information content (AvgIpc) is 2.84. The quantitative estimate of drug-likeness (QED) is 0.511. The molecule has 1 aliphatic rings. The van der Waals surface area contributed by atoms with E-state index in [1.54, 1.807) is 24.3 Å². The minimum atomic E-state index is -0.186. The molecule has 1 N–H and O–H groups in total. The first kappa shape index (κ1) is 22.3. The fourth-order valence-corrected chi connectivity index (χ4v) is 4.39. The SMILES string of the molecule is O=C(CN1CCC(C(=O)c2ccc(Cl)cc2)CC1)NC(c1ccccc1)c1ccccc1. The molecule has 1 aliphatic heterocycles. The molecule has 4 rings (SSSR count). The number of amides is 1. The molecule has 0 bridgehead atoms. The molecule has 1 saturated heterocycles. The molecule has 0 saturated carbocycles. The third-order valence-corrected chi connectivity index (χ3v) is 6.28. The Labute approximate surface area is 194 Å². The monoisotopic (exact) mass is 446 g/mol. The lowest BCUT2D eigenvalue weighted by molar-refractivity contribution is -0.123. The summed E-state index contributed by atoms with van der Waals surface area (Å²) in [7, 11) is 0. The molecule has 1 fully saturated rings. The van der Waals surface area contributed by atoms with Crippen LogP contribution in [0, 0.1) is 5.92 Å². The Kier molecular flexibility index (Phi) is 7.35. The van der Waals surface area contributed by atoms with Crippen LogP contribution in [0.5, 0.6) is 0 Å². The smallest absolute Gasteiger partial charge is 0.234 e. The third kappa shape index (κ3) is 5.64. The molecule has 3 aromatic rings. The van der Waals surface area contributed by atoms with Gasteiger partial charge in [-0.15, -0.1) is 0 Å². The van der Waals surface area contributed by atoms with E-state index >= 15 is 0 Å². The molecule has 0 radical (unpaired) electrons. The van der Waals surface area contributed by atoms with Gasteiger partial charge in [0, 0.05) is 16.5 Å². The second kappa shape index (κ2) is 10.6. The van der Waals surface area contributed by atoms with E-state index in [4.69, 9.17) is 11.6 Å². The van der Waals surface area contributed by atoms with Crippen LogP contribution >= 0.6 is 11.6 Å². The molecule has 0 atom stereocenters. The van der Waals surface area contributed by atoms with Crippen molar-refractivity contribution in [2.24, 2.45) is 5.92 Å². The summed E-state index contributed by atoms with van der Waals surface area (Å²) in [5.74, 6) is 0.154. The van der Waals surface area contributed by atoms with Crippen LogP contribution in [0.15, 0.2) is 84.9 Å². The van der Waals surface area contributed by atoms with Gasteiger partial charge in [-0.1, -0.05) is 72.3 Å². The van der Waals surface area contributed by atoms with Crippen LogP contribution in [0.25, 0.3) is 0 Å². The molecule has 32 heavy (non-hydrogen) atoms. The van der Waals surface area contributed by atoms with Crippen molar-refractivity contribution in [1.82, 2.24) is 10.2 Å². The average molecular weight is 447 g/mol. The molecule has 5 heteroatoms. The first-order valence-electron chi connectivity index (χ1n) is 11.0. The summed E-state index contributed by atoms with van der Waals surface area (Å²) >= 11 is 5.93. The van der Waals surface area contributed by atoms with E-state index in [0.29, 0.717) is 17.1 Å². The molecule has 164 valence electrons. The number of likely N-dealkylation sites (tertiary alicyclic amines) is 1. The molecule has 1 amide bonds. The second-order valence-corrected chi connectivity index (χ2v) is 8.68. The third-order valence-electron chi connectivity index (χ3n) is 6.03. The second-order valence-electron chi connectivity index (χ2n) is 8.24. The molecule has 1 heterocycles. The maximum atomic E-state index is 12.9. The largest absolute Gasteiger partial charge is 0.344 e. The Bertz CT molecular complexity index is 991. The highest BCUT2D eigenvalue weighted by molar-refractivity contribution is 6.30. The Morgan fingerprint density at radius 3 is 1.91 bits per heavy atom. The van der Waals surface area contributed by atoms with E-state index in [0.717, 1.165) is 37.1 Å². The Morgan fingerprint density at radius 1 is 0.844 bits per heavy atom. The number of nitrogens with one attached hydrogen (secondary N) is 1. The fourth-order valence-electron chi connectivity index (χ4n) is 4.26. The van der Waals surface area contributed by atoms with Crippen molar-refractivity contribution < 1.29 is 9.59 Å². The van der Waals surface area contributed by atoms with Gasteiger partial charge in [-0.25, -0.2) is 0 Å². The van der Waals surface area contributed by atoms with Crippen LogP contribution in [-0.4, -0.2) is 36.2 Å². The van der Waals surface area contributed by atoms with E-state index in [9.17, 15) is 9.59 Å². The number of benzene rings is 3. The molecule has 0 aliphatic carbocycles. The summed E-state index contributed by atoms with van der Waals surface area (Å²) in [5, 5.41) is 3.83. The number of nitrogens with zero attached hydrogens (tertiary/aromatic N) is 1. The summed E-state index contributed by atoms with van der Waals surface area (Å²) in [6.07, 6.45) is 1.52. The summed E-state index contributed by atoms with van der Waals surface area (Å²) in [5.41, 5.74) is 2.82. The number of hydrogen-bond donors (Lipinski definition) is 1. The van der Waals surface area contributed by atoms with Crippen molar-refractivity contribution in [3.63, 3.8) is 0 Å². The standard InChI is InChI=1S/C27H27ClN2O2/c28-24-13-11-22(12-14-24)27(32)23-15-17-30(18-16-23)19-25(31)29-26(20-7-3-1-4-8-20)21-9-5-2-6-10-21/h1-14,23,26H,15-19H2,(H,29,31). The fraction of sp³-hybridized carbons (Fsp3) is 0.259. The zero-order chi connectivity index (χ0) is 22.3. The van der Waals surface area contributed by atoms with E-state index in [1.807, 2.05) is 60.7 Å². The van der Waals surface area contributed by atoms with Gasteiger partial charge in [0.1, 0.15) is 0 Å². The molecule has 0 unspecified atom stereocenters. The van der Waals surface area contributed by atoms with Crippen molar-refractivity contribution in [3.05, 3.63) is 107 Å². The highest BCUT2D eigenvalue weighted by Gasteiger charge is 2.27. The number of carbonyl (C=O) groups is 2. The van der Waals surface area contributed by atoms with Gasteiger partial charge in [-0.3, -0.25) is 14.5 Å². The summed E-state index contributed by atoms with van der Waals surface area (Å²) in [4.78, 5) is 27.8. The van der Waals surface area contributed by atoms with Gasteiger partial charge in [0.25, 0.3) is 0 Å². The predicted octanol–water partition coefficient (Wildman–Crippen LogP) is 5.14. The summed E-state index contributed by atoms with van der Waals surface area (Å²) in [6, 6.07) is 26.9. The molecular formula is C27H27ClN2O2. The maximum Gasteiger partial charge on any atom is 0.234 e. The minimum Gasteiger partial charge on any atom is -0.344 e. The van der Waals surface area contributed by atoms with Crippen molar-refractivity contribution in [3.8, 4) is 0 Å². The van der Waals surface area contributed by atoms with E-state index in [2.05, 4.69) is 10.2 Å². The highest BCUT2D eigenvalue weighted by Crippen LogP contribution is 2.24. The number of piperidine rings is 1. The minimum absolute atomic E-state index is 0.00290. The van der Waals surface area contributed by atoms with E-state index < -0.39 is 0 Å². The summed E-state index contributed by atoms with van der Waals surface area (Å²) < 4.78 is 0. The van der Waals surface area contributed by atoms with E-state index in [1.165, 1.54) is 0 Å². The van der Waals surface area contributed by atoms with Crippen LogP contribution in [0.2, 0.25) is 5.02 Å². The van der Waals surface area contributed by atoms with Crippen LogP contribution in [-0.2, 0) is 4.79 Å². The van der Waals surface area contributed by atoms with Crippen LogP contribution in [0.3, 0.4) is 0 Å². The molecule has 0 aromatic heterocycles. The lowest BCUT2D eigenvalue weighted by Gasteiger charge is -2.31. The zero-order valence-corrected chi connectivity index (χ0v) is 18.7. The Morgan fingerprint density at radius 2 is 1.38 bits per heavy atom. The Hall–Kier alpha value is -2.95. The number of ketones is 1. The van der Waals surface area contributed by atoms with Crippen molar-refractivity contribution in [1.29, 1.82) is 0 Å². The van der Waals surface area contributed by atoms with Crippen LogP contribution < -0.4 is 5.32 Å². The van der Waals surface area contributed by atoms with Gasteiger partial charge in [-0.05, 0) is 61.3 Å². The molecular weight excluding hydrogens is 420 g/mol. The van der Waals surface area contributed by atoms with Crippen molar-refractivity contribution >= 4 is 23.3 Å². The van der Waals surface area contributed by atoms with Gasteiger partial charge in [0.2, 0.25) is 5.91 Å². The molecule has 4 nitrogen and oxygen atoms in total. The number of halogens is 1. The van der Waals surface area contributed by atoms with Gasteiger partial charge in [0.05, 0.1) is 12.6 Å². The normalized spacial score (nSPS) is 14.9. The van der Waals surface area contributed by atoms with Gasteiger partial charge >= 0.3 is 0 Å². The first-order chi connectivity index (χ1) is 15.6. The van der Waals surface area contributed by atoms with Crippen molar-refractivity contribution in [2.75, 3.05) is 19.6 Å². The van der Waals surface area contributed by atoms with Crippen molar-refractivity contribution in [2.45, 2.75) is 18.9 Å². The number of Topliss-reactive ketones (excluding diaryl/α,β-unsaturated/α-hetero) is 1. The highest BCUT2D eigenvalue weighted by atomic mass is 35.5.